The maximum Gasteiger partial charge on any atom is 0.134 e. The van der Waals surface area contributed by atoms with Gasteiger partial charge in [0.1, 0.15) is 18.5 Å². The Morgan fingerprint density at radius 2 is 1.20 bits per heavy atom. The summed E-state index contributed by atoms with van der Waals surface area (Å²) >= 11 is 0. The number of halogens is 3. The number of hydrogen-bond acceptors (Lipinski definition) is 0. The van der Waals surface area contributed by atoms with E-state index in [1.165, 1.54) is 25.7 Å². The van der Waals surface area contributed by atoms with Gasteiger partial charge in [0, 0.05) is 0 Å². The van der Waals surface area contributed by atoms with Crippen LogP contribution < -0.4 is 0 Å². The highest BCUT2D eigenvalue weighted by Gasteiger charge is 2.46. The minimum absolute atomic E-state index is 0.0141. The van der Waals surface area contributed by atoms with Gasteiger partial charge >= 0.3 is 0 Å². The largest absolute Gasteiger partial charge is 0.247 e. The van der Waals surface area contributed by atoms with E-state index in [0.717, 1.165) is 77.0 Å². The molecule has 0 heterocycles. The molecule has 0 aliphatic heterocycles. The molecule has 3 heteroatoms. The van der Waals surface area contributed by atoms with Gasteiger partial charge in [0.15, 0.2) is 0 Å². The van der Waals surface area contributed by atoms with Crippen molar-refractivity contribution < 1.29 is 13.2 Å². The van der Waals surface area contributed by atoms with Gasteiger partial charge in [-0.3, -0.25) is 0 Å². The van der Waals surface area contributed by atoms with Gasteiger partial charge in [-0.15, -0.1) is 0 Å². The number of rotatable bonds is 5. The molecule has 0 aromatic heterocycles. The molecule has 0 aromatic rings. The van der Waals surface area contributed by atoms with Crippen molar-refractivity contribution in [2.75, 3.05) is 0 Å². The lowest BCUT2D eigenvalue weighted by atomic mass is 9.64. The van der Waals surface area contributed by atoms with Crippen LogP contribution in [-0.2, 0) is 0 Å². The fourth-order valence-corrected chi connectivity index (χ4v) is 7.78. The first kappa shape index (κ1) is 23.0. The molecule has 4 fully saturated rings. The topological polar surface area (TPSA) is 0 Å². The zero-order chi connectivity index (χ0) is 21.1. The molecule has 0 radical (unpaired) electrons. The molecule has 0 spiro atoms. The van der Waals surface area contributed by atoms with Gasteiger partial charge < -0.3 is 0 Å². The highest BCUT2D eigenvalue weighted by Crippen LogP contribution is 2.48. The molecule has 30 heavy (non-hydrogen) atoms. The Kier molecular flexibility index (Phi) is 8.12. The van der Waals surface area contributed by atoms with Gasteiger partial charge in [0.2, 0.25) is 0 Å². The predicted molar refractivity (Wildman–Crippen MR) is 119 cm³/mol. The molecule has 4 aliphatic carbocycles. The fraction of sp³-hybridized carbons (Fsp3) is 1.00. The Labute approximate surface area is 183 Å². The first-order valence-corrected chi connectivity index (χ1v) is 13.4. The third-order valence-corrected chi connectivity index (χ3v) is 9.82. The average molecular weight is 427 g/mol. The number of alkyl halides is 3. The molecular weight excluding hydrogens is 381 g/mol. The molecule has 0 nitrogen and oxygen atoms in total. The second-order valence-electron chi connectivity index (χ2n) is 11.7. The molecule has 4 aliphatic rings. The van der Waals surface area contributed by atoms with Crippen molar-refractivity contribution >= 4 is 0 Å². The summed E-state index contributed by atoms with van der Waals surface area (Å²) in [6.07, 6.45) is 14.3. The predicted octanol–water partition coefficient (Wildman–Crippen LogP) is 8.63. The van der Waals surface area contributed by atoms with E-state index in [4.69, 9.17) is 0 Å². The molecule has 0 bridgehead atoms. The van der Waals surface area contributed by atoms with Gasteiger partial charge in [0.25, 0.3) is 0 Å². The zero-order valence-corrected chi connectivity index (χ0v) is 19.2. The van der Waals surface area contributed by atoms with Crippen molar-refractivity contribution in [3.8, 4) is 0 Å². The van der Waals surface area contributed by atoms with E-state index < -0.39 is 18.5 Å². The number of hydrogen-bond donors (Lipinski definition) is 0. The van der Waals surface area contributed by atoms with E-state index in [1.807, 2.05) is 0 Å². The summed E-state index contributed by atoms with van der Waals surface area (Å²) in [4.78, 5) is 0. The summed E-state index contributed by atoms with van der Waals surface area (Å²) in [5.41, 5.74) is 0. The van der Waals surface area contributed by atoms with Crippen LogP contribution in [0.15, 0.2) is 0 Å². The highest BCUT2D eigenvalue weighted by atomic mass is 19.2. The van der Waals surface area contributed by atoms with Crippen molar-refractivity contribution in [2.45, 2.75) is 128 Å². The van der Waals surface area contributed by atoms with Crippen LogP contribution in [0.2, 0.25) is 0 Å². The Balaban J connectivity index is 1.20. The van der Waals surface area contributed by atoms with E-state index in [1.54, 1.807) is 0 Å². The molecule has 7 atom stereocenters. The van der Waals surface area contributed by atoms with Crippen molar-refractivity contribution in [2.24, 2.45) is 41.4 Å². The second-order valence-corrected chi connectivity index (χ2v) is 11.7. The molecular formula is C27H45F3. The van der Waals surface area contributed by atoms with Gasteiger partial charge in [0.05, 0.1) is 0 Å². The standard InChI is InChI=1S/C27H45F3/c1-18-7-11-22(25(28)17-18)14-10-19-8-12-21(13-9-19)24-16-15-23(26(29)27(24)30)20-5-3-2-4-6-20/h18-27H,2-17H2,1H3/t18?,19?,21?,22?,23-,24?,25?,26?,27?/m0/s1. The van der Waals surface area contributed by atoms with Crippen LogP contribution in [0, 0.1) is 41.4 Å². The maximum absolute atomic E-state index is 15.2. The molecule has 0 amide bonds. The first-order chi connectivity index (χ1) is 14.5. The Bertz CT molecular complexity index is 508. The van der Waals surface area contributed by atoms with Gasteiger partial charge in [-0.1, -0.05) is 64.7 Å². The Hall–Kier alpha value is -0.210. The van der Waals surface area contributed by atoms with E-state index in [9.17, 15) is 4.39 Å². The quantitative estimate of drug-likeness (QED) is 0.413. The monoisotopic (exact) mass is 426 g/mol. The third kappa shape index (κ3) is 5.40. The summed E-state index contributed by atoms with van der Waals surface area (Å²) in [5, 5.41) is 0. The average Bonchev–Trinajstić information content (AvgIpc) is 2.76. The van der Waals surface area contributed by atoms with Crippen molar-refractivity contribution in [3.05, 3.63) is 0 Å². The van der Waals surface area contributed by atoms with Crippen LogP contribution in [0.4, 0.5) is 13.2 Å². The van der Waals surface area contributed by atoms with Crippen LogP contribution in [0.3, 0.4) is 0 Å². The molecule has 0 aromatic carbocycles. The maximum atomic E-state index is 15.2. The van der Waals surface area contributed by atoms with Gasteiger partial charge in [-0.25, -0.2) is 13.2 Å². The lowest BCUT2D eigenvalue weighted by molar-refractivity contribution is -0.0349. The van der Waals surface area contributed by atoms with Crippen molar-refractivity contribution in [3.63, 3.8) is 0 Å². The van der Waals surface area contributed by atoms with E-state index in [0.29, 0.717) is 23.7 Å². The lowest BCUT2D eigenvalue weighted by Crippen LogP contribution is -2.44. The molecule has 174 valence electrons. The second kappa shape index (κ2) is 10.6. The molecule has 6 unspecified atom stereocenters. The summed E-state index contributed by atoms with van der Waals surface area (Å²) in [6, 6.07) is 0. The smallest absolute Gasteiger partial charge is 0.134 e. The normalized spacial score (nSPS) is 46.6. The fourth-order valence-electron chi connectivity index (χ4n) is 7.78. The lowest BCUT2D eigenvalue weighted by Gasteiger charge is -2.44. The molecule has 0 saturated heterocycles. The van der Waals surface area contributed by atoms with E-state index in [-0.39, 0.29) is 17.8 Å². The van der Waals surface area contributed by atoms with Crippen molar-refractivity contribution in [1.29, 1.82) is 0 Å². The zero-order valence-electron chi connectivity index (χ0n) is 19.2. The third-order valence-electron chi connectivity index (χ3n) is 9.82. The van der Waals surface area contributed by atoms with Gasteiger partial charge in [-0.05, 0) is 86.4 Å². The van der Waals surface area contributed by atoms with Crippen LogP contribution in [-0.4, -0.2) is 18.5 Å². The van der Waals surface area contributed by atoms with Crippen molar-refractivity contribution in [1.82, 2.24) is 0 Å². The van der Waals surface area contributed by atoms with E-state index >= 15 is 8.78 Å². The minimum atomic E-state index is -1.23. The summed E-state index contributed by atoms with van der Waals surface area (Å²) in [7, 11) is 0. The molecule has 0 N–H and O–H groups in total. The first-order valence-electron chi connectivity index (χ1n) is 13.4. The van der Waals surface area contributed by atoms with Crippen LogP contribution in [0.1, 0.15) is 110 Å². The summed E-state index contributed by atoms with van der Waals surface area (Å²) in [6.45, 7) is 2.17. The summed E-state index contributed by atoms with van der Waals surface area (Å²) < 4.78 is 44.6. The van der Waals surface area contributed by atoms with Gasteiger partial charge in [-0.2, -0.15) is 0 Å². The Morgan fingerprint density at radius 3 is 1.80 bits per heavy atom. The Morgan fingerprint density at radius 1 is 0.600 bits per heavy atom. The van der Waals surface area contributed by atoms with Crippen LogP contribution in [0.25, 0.3) is 0 Å². The van der Waals surface area contributed by atoms with Crippen LogP contribution in [0.5, 0.6) is 0 Å². The molecule has 4 saturated carbocycles. The minimum Gasteiger partial charge on any atom is -0.247 e. The highest BCUT2D eigenvalue weighted by molar-refractivity contribution is 4.95. The summed E-state index contributed by atoms with van der Waals surface area (Å²) in [5.74, 6) is 2.27. The van der Waals surface area contributed by atoms with Crippen LogP contribution >= 0.6 is 0 Å². The van der Waals surface area contributed by atoms with E-state index in [2.05, 4.69) is 6.92 Å². The molecule has 4 rings (SSSR count). The SMILES string of the molecule is CC1CCC(CCC2CCC(C3CC[C@@H](C4CCCCC4)C(F)C3F)CC2)C(F)C1.